The lowest BCUT2D eigenvalue weighted by Crippen LogP contribution is -2.48. The van der Waals surface area contributed by atoms with Gasteiger partial charge in [0.05, 0.1) is 12.8 Å². The molecule has 0 radical (unpaired) electrons. The number of amides is 1. The first-order valence-corrected chi connectivity index (χ1v) is 10.7. The van der Waals surface area contributed by atoms with Crippen LogP contribution in [0.1, 0.15) is 22.8 Å². The van der Waals surface area contributed by atoms with E-state index >= 15 is 0 Å². The van der Waals surface area contributed by atoms with Crippen LogP contribution in [0.15, 0.2) is 42.5 Å². The van der Waals surface area contributed by atoms with Gasteiger partial charge in [0.25, 0.3) is 0 Å². The van der Waals surface area contributed by atoms with Gasteiger partial charge in [-0.05, 0) is 50.6 Å². The molecule has 1 aromatic carbocycles. The topological polar surface area (TPSA) is 76.4 Å². The molecular weight excluding hydrogens is 404 g/mol. The van der Waals surface area contributed by atoms with Gasteiger partial charge in [0.2, 0.25) is 5.91 Å². The number of carbonyl (C=O) groups excluding carboxylic acids is 1. The molecule has 32 heavy (non-hydrogen) atoms. The summed E-state index contributed by atoms with van der Waals surface area (Å²) in [6, 6.07) is 11.6. The average Bonchev–Trinajstić information content (AvgIpc) is 3.15. The second kappa shape index (κ2) is 9.21. The summed E-state index contributed by atoms with van der Waals surface area (Å²) in [5, 5.41) is 4.54. The Bertz CT molecular complexity index is 1130. The van der Waals surface area contributed by atoms with Gasteiger partial charge < -0.3 is 14.5 Å². The third kappa shape index (κ3) is 4.80. The van der Waals surface area contributed by atoms with Crippen LogP contribution in [0.2, 0.25) is 0 Å². The zero-order valence-corrected chi connectivity index (χ0v) is 18.9. The fourth-order valence-corrected chi connectivity index (χ4v) is 3.81. The second-order valence-corrected chi connectivity index (χ2v) is 7.89. The van der Waals surface area contributed by atoms with Gasteiger partial charge in [-0.2, -0.15) is 5.10 Å². The highest BCUT2D eigenvalue weighted by Crippen LogP contribution is 2.19. The summed E-state index contributed by atoms with van der Waals surface area (Å²) in [6.07, 6.45) is 3.47. The molecule has 1 fully saturated rings. The van der Waals surface area contributed by atoms with Gasteiger partial charge in [0, 0.05) is 44.0 Å². The van der Waals surface area contributed by atoms with E-state index in [-0.39, 0.29) is 5.91 Å². The van der Waals surface area contributed by atoms with Crippen LogP contribution in [0, 0.1) is 20.8 Å². The summed E-state index contributed by atoms with van der Waals surface area (Å²) < 4.78 is 7.01. The van der Waals surface area contributed by atoms with E-state index in [0.717, 1.165) is 47.4 Å². The zero-order chi connectivity index (χ0) is 22.7. The smallest absolute Gasteiger partial charge is 0.246 e. The third-order valence-electron chi connectivity index (χ3n) is 5.49. The van der Waals surface area contributed by atoms with Crippen molar-refractivity contribution in [3.8, 4) is 11.6 Å². The van der Waals surface area contributed by atoms with E-state index < -0.39 is 0 Å². The Balaban J connectivity index is 1.40. The fourth-order valence-electron chi connectivity index (χ4n) is 3.81. The maximum Gasteiger partial charge on any atom is 0.246 e. The normalized spacial score (nSPS) is 14.2. The van der Waals surface area contributed by atoms with Crippen LogP contribution in [-0.2, 0) is 4.79 Å². The number of ether oxygens (including phenoxy) is 1. The maximum atomic E-state index is 12.6. The highest BCUT2D eigenvalue weighted by Gasteiger charge is 2.21. The lowest BCUT2D eigenvalue weighted by molar-refractivity contribution is -0.126. The fraction of sp³-hybridized carbons (Fsp3) is 0.333. The van der Waals surface area contributed by atoms with E-state index in [9.17, 15) is 4.79 Å². The molecule has 0 saturated carbocycles. The van der Waals surface area contributed by atoms with Crippen molar-refractivity contribution in [2.45, 2.75) is 20.8 Å². The van der Waals surface area contributed by atoms with Gasteiger partial charge in [0.1, 0.15) is 17.4 Å². The van der Waals surface area contributed by atoms with Crippen LogP contribution in [0.25, 0.3) is 11.9 Å². The molecule has 8 heteroatoms. The Labute approximate surface area is 188 Å². The number of carbonyl (C=O) groups is 1. The Kier molecular flexibility index (Phi) is 6.20. The van der Waals surface area contributed by atoms with E-state index in [4.69, 9.17) is 4.74 Å². The molecule has 1 aliphatic rings. The number of benzene rings is 1. The second-order valence-electron chi connectivity index (χ2n) is 7.89. The maximum absolute atomic E-state index is 12.6. The number of aryl methyl sites for hydroxylation is 3. The number of methoxy groups -OCH3 is 1. The number of hydrogen-bond donors (Lipinski definition) is 0. The van der Waals surface area contributed by atoms with Gasteiger partial charge in [-0.15, -0.1) is 0 Å². The van der Waals surface area contributed by atoms with Crippen molar-refractivity contribution in [2.75, 3.05) is 38.2 Å². The van der Waals surface area contributed by atoms with Crippen molar-refractivity contribution in [1.82, 2.24) is 24.6 Å². The van der Waals surface area contributed by atoms with Gasteiger partial charge >= 0.3 is 0 Å². The standard InChI is InChI=1S/C24H28N6O2/c1-17-15-18(2)30(27-17)23-16-22(25-19(3)26-23)28-11-13-29(14-12-28)24(31)10-7-20-5-8-21(32-4)9-6-20/h5-10,15-16H,11-14H2,1-4H3/b10-7+. The third-order valence-corrected chi connectivity index (χ3v) is 5.49. The van der Waals surface area contributed by atoms with Crippen molar-refractivity contribution in [1.29, 1.82) is 0 Å². The van der Waals surface area contributed by atoms with Crippen molar-refractivity contribution in [3.05, 3.63) is 65.2 Å². The largest absolute Gasteiger partial charge is 0.497 e. The summed E-state index contributed by atoms with van der Waals surface area (Å²) in [5.41, 5.74) is 2.95. The molecule has 0 bridgehead atoms. The molecule has 1 saturated heterocycles. The van der Waals surface area contributed by atoms with Gasteiger partial charge in [-0.25, -0.2) is 14.6 Å². The van der Waals surface area contributed by atoms with E-state index in [1.807, 2.05) is 72.8 Å². The predicted octanol–water partition coefficient (Wildman–Crippen LogP) is 2.96. The first-order chi connectivity index (χ1) is 15.4. The van der Waals surface area contributed by atoms with Crippen LogP contribution in [0.4, 0.5) is 5.82 Å². The number of rotatable bonds is 5. The van der Waals surface area contributed by atoms with Gasteiger partial charge in [0.15, 0.2) is 5.82 Å². The number of piperazine rings is 1. The molecule has 0 unspecified atom stereocenters. The summed E-state index contributed by atoms with van der Waals surface area (Å²) in [7, 11) is 1.64. The number of nitrogens with zero attached hydrogens (tertiary/aromatic N) is 6. The Morgan fingerprint density at radius 1 is 0.969 bits per heavy atom. The van der Waals surface area contributed by atoms with Crippen molar-refractivity contribution in [2.24, 2.45) is 0 Å². The van der Waals surface area contributed by atoms with Crippen molar-refractivity contribution < 1.29 is 9.53 Å². The summed E-state index contributed by atoms with van der Waals surface area (Å²) in [4.78, 5) is 25.9. The van der Waals surface area contributed by atoms with E-state index in [0.29, 0.717) is 18.9 Å². The molecule has 0 spiro atoms. The monoisotopic (exact) mass is 432 g/mol. The Morgan fingerprint density at radius 3 is 2.28 bits per heavy atom. The zero-order valence-electron chi connectivity index (χ0n) is 18.9. The quantitative estimate of drug-likeness (QED) is 0.577. The molecule has 4 rings (SSSR count). The SMILES string of the molecule is COc1ccc(/C=C/C(=O)N2CCN(c3cc(-n4nc(C)cc4C)nc(C)n3)CC2)cc1. The van der Waals surface area contributed by atoms with Crippen LogP contribution < -0.4 is 9.64 Å². The summed E-state index contributed by atoms with van der Waals surface area (Å²) in [5.74, 6) is 3.14. The highest BCUT2D eigenvalue weighted by atomic mass is 16.5. The molecule has 2 aromatic heterocycles. The Hall–Kier alpha value is -3.68. The molecule has 8 nitrogen and oxygen atoms in total. The summed E-state index contributed by atoms with van der Waals surface area (Å²) >= 11 is 0. The minimum Gasteiger partial charge on any atom is -0.497 e. The molecule has 1 amide bonds. The van der Waals surface area contributed by atoms with E-state index in [1.165, 1.54) is 0 Å². The predicted molar refractivity (Wildman–Crippen MR) is 124 cm³/mol. The van der Waals surface area contributed by atoms with Crippen LogP contribution in [0.5, 0.6) is 5.75 Å². The minimum atomic E-state index is 0.0164. The summed E-state index contributed by atoms with van der Waals surface area (Å²) in [6.45, 7) is 8.60. The van der Waals surface area contributed by atoms with Crippen molar-refractivity contribution in [3.63, 3.8) is 0 Å². The van der Waals surface area contributed by atoms with E-state index in [2.05, 4.69) is 20.0 Å². The first kappa shape index (κ1) is 21.5. The van der Waals surface area contributed by atoms with Crippen LogP contribution >= 0.6 is 0 Å². The molecule has 0 N–H and O–H groups in total. The van der Waals surface area contributed by atoms with Crippen LogP contribution in [-0.4, -0.2) is 63.8 Å². The number of aromatic nitrogens is 4. The minimum absolute atomic E-state index is 0.0164. The molecule has 3 aromatic rings. The highest BCUT2D eigenvalue weighted by molar-refractivity contribution is 5.92. The Morgan fingerprint density at radius 2 is 1.66 bits per heavy atom. The molecule has 166 valence electrons. The van der Waals surface area contributed by atoms with Gasteiger partial charge in [-0.1, -0.05) is 12.1 Å². The van der Waals surface area contributed by atoms with E-state index in [1.54, 1.807) is 13.2 Å². The van der Waals surface area contributed by atoms with Crippen molar-refractivity contribution >= 4 is 17.8 Å². The number of anilines is 1. The lowest BCUT2D eigenvalue weighted by Gasteiger charge is -2.35. The van der Waals surface area contributed by atoms with Crippen LogP contribution in [0.3, 0.4) is 0 Å². The molecular formula is C24H28N6O2. The molecule has 0 atom stereocenters. The number of hydrogen-bond acceptors (Lipinski definition) is 6. The lowest BCUT2D eigenvalue weighted by atomic mass is 10.2. The average molecular weight is 433 g/mol. The molecule has 3 heterocycles. The molecule has 0 aliphatic carbocycles. The molecule has 1 aliphatic heterocycles. The van der Waals surface area contributed by atoms with Gasteiger partial charge in [-0.3, -0.25) is 4.79 Å². The first-order valence-electron chi connectivity index (χ1n) is 10.7.